The van der Waals surface area contributed by atoms with Crippen LogP contribution in [0.5, 0.6) is 0 Å². The molecule has 2 aromatic rings. The summed E-state index contributed by atoms with van der Waals surface area (Å²) in [5, 5.41) is 13.5. The first-order chi connectivity index (χ1) is 9.65. The van der Waals surface area contributed by atoms with Gasteiger partial charge in [-0.05, 0) is 29.8 Å². The summed E-state index contributed by atoms with van der Waals surface area (Å²) in [5.41, 5.74) is 2.44. The summed E-state index contributed by atoms with van der Waals surface area (Å²) in [6.45, 7) is 1.77. The second kappa shape index (κ2) is 7.03. The second-order valence-corrected chi connectivity index (χ2v) is 5.02. The molecule has 0 saturated carbocycles. The van der Waals surface area contributed by atoms with Crippen LogP contribution in [-0.4, -0.2) is 11.5 Å². The third-order valence-electron chi connectivity index (χ3n) is 3.05. The molecule has 2 aromatic carbocycles. The zero-order chi connectivity index (χ0) is 14.4. The maximum atomic E-state index is 10.5. The van der Waals surface area contributed by atoms with E-state index in [1.807, 2.05) is 18.2 Å². The molecule has 0 unspecified atom stereocenters. The first-order valence-corrected chi connectivity index (χ1v) is 6.82. The fourth-order valence-corrected chi connectivity index (χ4v) is 2.20. The lowest BCUT2D eigenvalue weighted by Gasteiger charge is -2.03. The molecule has 0 amide bonds. The predicted octanol–water partition coefficient (Wildman–Crippen LogP) is 2.55. The number of nitro groups is 1. The van der Waals surface area contributed by atoms with Gasteiger partial charge in [0.2, 0.25) is 0 Å². The van der Waals surface area contributed by atoms with Crippen molar-refractivity contribution in [2.75, 3.05) is 6.54 Å². The Kier molecular flexibility index (Phi) is 5.09. The van der Waals surface area contributed by atoms with Gasteiger partial charge in [0.1, 0.15) is 6.54 Å². The van der Waals surface area contributed by atoms with Crippen molar-refractivity contribution >= 4 is 17.3 Å². The molecule has 104 valence electrons. The van der Waals surface area contributed by atoms with E-state index in [0.29, 0.717) is 0 Å². The third-order valence-corrected chi connectivity index (χ3v) is 3.29. The number of benzene rings is 2. The number of halogens is 1. The average molecular weight is 292 g/mol. The van der Waals surface area contributed by atoms with Gasteiger partial charge in [-0.25, -0.2) is 0 Å². The van der Waals surface area contributed by atoms with Crippen molar-refractivity contribution in [3.05, 3.63) is 74.8 Å². The Labute approximate surface area is 122 Å². The molecule has 0 aromatic heterocycles. The number of hydrogen-bond acceptors (Lipinski definition) is 2. The topological polar surface area (TPSA) is 59.8 Å². The molecule has 0 radical (unpaired) electrons. The van der Waals surface area contributed by atoms with Gasteiger partial charge in [0.15, 0.2) is 0 Å². The van der Waals surface area contributed by atoms with Gasteiger partial charge in [-0.2, -0.15) is 0 Å². The first kappa shape index (κ1) is 14.5. The minimum atomic E-state index is -0.382. The summed E-state index contributed by atoms with van der Waals surface area (Å²) in [6, 6.07) is 14.5. The minimum Gasteiger partial charge on any atom is -0.342 e. The van der Waals surface area contributed by atoms with Crippen LogP contribution in [0, 0.1) is 10.1 Å². The van der Waals surface area contributed by atoms with Gasteiger partial charge < -0.3 is 5.32 Å². The molecule has 0 fully saturated rings. The summed E-state index contributed by atoms with van der Waals surface area (Å²) < 4.78 is 0. The molecule has 0 bridgehead atoms. The van der Waals surface area contributed by atoms with Gasteiger partial charge in [-0.3, -0.25) is 10.1 Å². The Balaban J connectivity index is 1.77. The molecule has 5 heteroatoms. The summed E-state index contributed by atoms with van der Waals surface area (Å²) in [4.78, 5) is 10.2. The minimum absolute atomic E-state index is 0.132. The number of nitrogens with two attached hydrogens (primary N) is 1. The maximum absolute atomic E-state index is 10.5. The van der Waals surface area contributed by atoms with E-state index in [1.165, 1.54) is 5.56 Å². The predicted molar refractivity (Wildman–Crippen MR) is 78.7 cm³/mol. The van der Waals surface area contributed by atoms with Crippen molar-refractivity contribution in [3.8, 4) is 0 Å². The number of non-ortho nitro benzene ring substituents is 1. The van der Waals surface area contributed by atoms with Crippen molar-refractivity contribution in [3.63, 3.8) is 0 Å². The largest absolute Gasteiger partial charge is 0.342 e. The molecule has 0 spiro atoms. The van der Waals surface area contributed by atoms with E-state index in [-0.39, 0.29) is 10.6 Å². The lowest BCUT2D eigenvalue weighted by Crippen LogP contribution is -2.83. The number of rotatable bonds is 6. The Morgan fingerprint density at radius 1 is 1.10 bits per heavy atom. The van der Waals surface area contributed by atoms with Crippen LogP contribution >= 0.6 is 11.6 Å². The van der Waals surface area contributed by atoms with Crippen molar-refractivity contribution in [2.45, 2.75) is 13.0 Å². The Morgan fingerprint density at radius 2 is 1.85 bits per heavy atom. The molecule has 0 atom stereocenters. The van der Waals surface area contributed by atoms with Gasteiger partial charge in [-0.1, -0.05) is 23.7 Å². The van der Waals surface area contributed by atoms with E-state index in [1.54, 1.807) is 24.3 Å². The summed E-state index contributed by atoms with van der Waals surface area (Å²) >= 11 is 5.93. The molecule has 2 N–H and O–H groups in total. The van der Waals surface area contributed by atoms with E-state index in [9.17, 15) is 10.1 Å². The highest BCUT2D eigenvalue weighted by Gasteiger charge is 2.04. The molecule has 0 aliphatic carbocycles. The zero-order valence-electron chi connectivity index (χ0n) is 11.0. The average Bonchev–Trinajstić information content (AvgIpc) is 2.44. The highest BCUT2D eigenvalue weighted by Crippen LogP contribution is 2.11. The number of nitro benzene ring substituents is 1. The molecule has 4 nitrogen and oxygen atoms in total. The van der Waals surface area contributed by atoms with E-state index < -0.39 is 0 Å². The maximum Gasteiger partial charge on any atom is 0.269 e. The molecular weight excluding hydrogens is 276 g/mol. The van der Waals surface area contributed by atoms with Crippen LogP contribution in [0.25, 0.3) is 0 Å². The fourth-order valence-electron chi connectivity index (χ4n) is 1.98. The van der Waals surface area contributed by atoms with E-state index >= 15 is 0 Å². The number of hydrogen-bond donors (Lipinski definition) is 1. The molecular formula is C15H16ClN2O2+. The SMILES string of the molecule is O=[N+]([O-])c1ccc(C[NH2+]CCc2cccc(Cl)c2)cc1. The van der Waals surface area contributed by atoms with E-state index in [2.05, 4.69) is 11.4 Å². The molecule has 0 aliphatic heterocycles. The second-order valence-electron chi connectivity index (χ2n) is 4.58. The van der Waals surface area contributed by atoms with Crippen LogP contribution < -0.4 is 5.32 Å². The van der Waals surface area contributed by atoms with Gasteiger partial charge in [0, 0.05) is 29.1 Å². The van der Waals surface area contributed by atoms with E-state index in [0.717, 1.165) is 30.1 Å². The van der Waals surface area contributed by atoms with Crippen LogP contribution in [0.4, 0.5) is 5.69 Å². The summed E-state index contributed by atoms with van der Waals surface area (Å²) in [5.74, 6) is 0. The summed E-state index contributed by atoms with van der Waals surface area (Å²) in [6.07, 6.45) is 0.952. The van der Waals surface area contributed by atoms with E-state index in [4.69, 9.17) is 11.6 Å². The van der Waals surface area contributed by atoms with Gasteiger partial charge in [0.05, 0.1) is 11.5 Å². The lowest BCUT2D eigenvalue weighted by atomic mass is 10.1. The van der Waals surface area contributed by atoms with Crippen molar-refractivity contribution in [1.29, 1.82) is 0 Å². The third kappa shape index (κ3) is 4.33. The highest BCUT2D eigenvalue weighted by molar-refractivity contribution is 6.30. The van der Waals surface area contributed by atoms with Gasteiger partial charge >= 0.3 is 0 Å². The molecule has 0 saturated heterocycles. The molecule has 20 heavy (non-hydrogen) atoms. The molecule has 0 heterocycles. The van der Waals surface area contributed by atoms with Crippen LogP contribution in [0.1, 0.15) is 11.1 Å². The molecule has 2 rings (SSSR count). The van der Waals surface area contributed by atoms with Gasteiger partial charge in [-0.15, -0.1) is 0 Å². The normalized spacial score (nSPS) is 10.4. The van der Waals surface area contributed by atoms with Crippen molar-refractivity contribution in [2.24, 2.45) is 0 Å². The lowest BCUT2D eigenvalue weighted by molar-refractivity contribution is -0.670. The first-order valence-electron chi connectivity index (χ1n) is 6.44. The standard InChI is InChI=1S/C15H15ClN2O2/c16-14-3-1-2-12(10-14)8-9-17-11-13-4-6-15(7-5-13)18(19)20/h1-7,10,17H,8-9,11H2/p+1. The van der Waals surface area contributed by atoms with Crippen LogP contribution in [0.15, 0.2) is 48.5 Å². The van der Waals surface area contributed by atoms with Crippen LogP contribution in [0.3, 0.4) is 0 Å². The zero-order valence-corrected chi connectivity index (χ0v) is 11.7. The van der Waals surface area contributed by atoms with Crippen molar-refractivity contribution in [1.82, 2.24) is 0 Å². The monoisotopic (exact) mass is 291 g/mol. The Bertz CT molecular complexity index is 585. The smallest absolute Gasteiger partial charge is 0.269 e. The Hall–Kier alpha value is -1.91. The van der Waals surface area contributed by atoms with Gasteiger partial charge in [0.25, 0.3) is 5.69 Å². The van der Waals surface area contributed by atoms with Crippen molar-refractivity contribution < 1.29 is 10.2 Å². The fraction of sp³-hybridized carbons (Fsp3) is 0.200. The summed E-state index contributed by atoms with van der Waals surface area (Å²) in [7, 11) is 0. The number of quaternary nitrogens is 1. The quantitative estimate of drug-likeness (QED) is 0.505. The number of nitrogens with zero attached hydrogens (tertiary/aromatic N) is 1. The molecule has 0 aliphatic rings. The highest BCUT2D eigenvalue weighted by atomic mass is 35.5. The van der Waals surface area contributed by atoms with Crippen LogP contribution in [-0.2, 0) is 13.0 Å². The Morgan fingerprint density at radius 3 is 2.50 bits per heavy atom. The van der Waals surface area contributed by atoms with Crippen LogP contribution in [0.2, 0.25) is 5.02 Å².